The van der Waals surface area contributed by atoms with Crippen LogP contribution in [0.15, 0.2) is 18.5 Å². The number of imidazole rings is 1. The number of aromatic nitrogens is 2. The van der Waals surface area contributed by atoms with Crippen LogP contribution in [0.5, 0.6) is 0 Å². The molecule has 1 aromatic heterocycles. The van der Waals surface area contributed by atoms with Gasteiger partial charge in [0.05, 0.1) is 28.5 Å². The molecule has 1 aliphatic carbocycles. The average Bonchev–Trinajstić information content (AvgIpc) is 2.91. The molecule has 1 aliphatic rings. The quantitative estimate of drug-likeness (QED) is 0.945. The Kier molecular flexibility index (Phi) is 4.14. The van der Waals surface area contributed by atoms with Crippen molar-refractivity contribution >= 4 is 22.6 Å². The molecule has 3 rings (SSSR count). The number of benzene rings is 1. The van der Waals surface area contributed by atoms with Crippen LogP contribution in [0.25, 0.3) is 11.0 Å². The predicted octanol–water partition coefficient (Wildman–Crippen LogP) is 3.36. The number of fused-ring (bicyclic) bond motifs is 1. The molecule has 2 aromatic rings. The van der Waals surface area contributed by atoms with Crippen molar-refractivity contribution in [1.82, 2.24) is 9.55 Å². The lowest BCUT2D eigenvalue weighted by atomic mass is 9.82. The lowest BCUT2D eigenvalue weighted by Gasteiger charge is -2.28. The van der Waals surface area contributed by atoms with Crippen molar-refractivity contribution in [2.45, 2.75) is 32.2 Å². The molecule has 0 aliphatic heterocycles. The molecule has 1 heterocycles. The zero-order valence-corrected chi connectivity index (χ0v) is 12.6. The maximum atomic E-state index is 9.34. The number of rotatable bonds is 3. The molecule has 4 nitrogen and oxygen atoms in total. The first-order valence-electron chi connectivity index (χ1n) is 7.36. The van der Waals surface area contributed by atoms with Gasteiger partial charge in [0.1, 0.15) is 5.52 Å². The fraction of sp³-hybridized carbons (Fsp3) is 0.500. The number of aliphatic hydroxyl groups is 1. The minimum absolute atomic E-state index is 0.283. The normalized spacial score (nSPS) is 22.3. The Balaban J connectivity index is 1.87. The summed E-state index contributed by atoms with van der Waals surface area (Å²) in [6.45, 7) is 1.16. The standard InChI is InChI=1S/C16H18ClN3O/c17-14-5-13(7-18)6-15-16(14)19-10-20(15)8-11-2-1-3-12(4-11)9-21/h5-6,10-12,21H,1-4,8-9H2. The van der Waals surface area contributed by atoms with E-state index in [2.05, 4.69) is 15.6 Å². The Morgan fingerprint density at radius 1 is 1.38 bits per heavy atom. The predicted molar refractivity (Wildman–Crippen MR) is 82.0 cm³/mol. The molecule has 1 aromatic carbocycles. The molecule has 21 heavy (non-hydrogen) atoms. The Bertz CT molecular complexity index is 689. The van der Waals surface area contributed by atoms with Crippen LogP contribution in [0.4, 0.5) is 0 Å². The van der Waals surface area contributed by atoms with Crippen molar-refractivity contribution in [3.05, 3.63) is 29.0 Å². The molecule has 0 spiro atoms. The summed E-state index contributed by atoms with van der Waals surface area (Å²) in [5.41, 5.74) is 2.24. The van der Waals surface area contributed by atoms with Gasteiger partial charge in [-0.05, 0) is 43.2 Å². The molecular weight excluding hydrogens is 286 g/mol. The van der Waals surface area contributed by atoms with Crippen LogP contribution in [-0.4, -0.2) is 21.3 Å². The van der Waals surface area contributed by atoms with Gasteiger partial charge >= 0.3 is 0 Å². The Labute approximate surface area is 129 Å². The van der Waals surface area contributed by atoms with Crippen molar-refractivity contribution in [2.75, 3.05) is 6.61 Å². The smallest absolute Gasteiger partial charge is 0.107 e. The van der Waals surface area contributed by atoms with E-state index in [1.165, 1.54) is 12.8 Å². The van der Waals surface area contributed by atoms with E-state index in [0.717, 1.165) is 30.4 Å². The van der Waals surface area contributed by atoms with Gasteiger partial charge in [-0.3, -0.25) is 0 Å². The molecule has 110 valence electrons. The zero-order valence-electron chi connectivity index (χ0n) is 11.8. The number of nitrogens with zero attached hydrogens (tertiary/aromatic N) is 3. The molecule has 2 unspecified atom stereocenters. The average molecular weight is 304 g/mol. The summed E-state index contributed by atoms with van der Waals surface area (Å²) in [6, 6.07) is 5.64. The minimum atomic E-state index is 0.283. The molecule has 5 heteroatoms. The second-order valence-corrected chi connectivity index (χ2v) is 6.32. The van der Waals surface area contributed by atoms with Crippen LogP contribution in [0.1, 0.15) is 31.2 Å². The zero-order chi connectivity index (χ0) is 14.8. The van der Waals surface area contributed by atoms with Gasteiger partial charge in [-0.2, -0.15) is 5.26 Å². The van der Waals surface area contributed by atoms with Crippen LogP contribution < -0.4 is 0 Å². The van der Waals surface area contributed by atoms with Crippen LogP contribution in [-0.2, 0) is 6.54 Å². The molecule has 0 bridgehead atoms. The van der Waals surface area contributed by atoms with Gasteiger partial charge in [0.15, 0.2) is 0 Å². The highest BCUT2D eigenvalue weighted by molar-refractivity contribution is 6.35. The first kappa shape index (κ1) is 14.4. The van der Waals surface area contributed by atoms with Crippen molar-refractivity contribution < 1.29 is 5.11 Å². The van der Waals surface area contributed by atoms with Gasteiger partial charge in [-0.1, -0.05) is 18.0 Å². The van der Waals surface area contributed by atoms with E-state index in [-0.39, 0.29) is 6.61 Å². The molecule has 2 atom stereocenters. The van der Waals surface area contributed by atoms with Crippen LogP contribution in [0, 0.1) is 23.2 Å². The largest absolute Gasteiger partial charge is 0.396 e. The highest BCUT2D eigenvalue weighted by Gasteiger charge is 2.22. The Morgan fingerprint density at radius 3 is 2.95 bits per heavy atom. The number of aliphatic hydroxyl groups excluding tert-OH is 1. The monoisotopic (exact) mass is 303 g/mol. The fourth-order valence-corrected chi connectivity index (χ4v) is 3.61. The number of halogens is 1. The van der Waals surface area contributed by atoms with Gasteiger partial charge in [0.2, 0.25) is 0 Å². The SMILES string of the molecule is N#Cc1cc(Cl)c2ncn(CC3CCCC(CO)C3)c2c1. The van der Waals surface area contributed by atoms with Crippen molar-refractivity contribution in [3.8, 4) is 6.07 Å². The van der Waals surface area contributed by atoms with E-state index < -0.39 is 0 Å². The Morgan fingerprint density at radius 2 is 2.19 bits per heavy atom. The van der Waals surface area contributed by atoms with E-state index in [4.69, 9.17) is 16.9 Å². The van der Waals surface area contributed by atoms with E-state index in [1.54, 1.807) is 12.4 Å². The summed E-state index contributed by atoms with van der Waals surface area (Å²) < 4.78 is 2.09. The van der Waals surface area contributed by atoms with E-state index >= 15 is 0 Å². The summed E-state index contributed by atoms with van der Waals surface area (Å²) in [4.78, 5) is 4.37. The molecule has 0 amide bonds. The summed E-state index contributed by atoms with van der Waals surface area (Å²) in [6.07, 6.45) is 6.35. The first-order chi connectivity index (χ1) is 10.2. The third-order valence-corrected chi connectivity index (χ3v) is 4.70. The molecule has 0 saturated heterocycles. The summed E-state index contributed by atoms with van der Waals surface area (Å²) in [5, 5.41) is 18.9. The first-order valence-corrected chi connectivity index (χ1v) is 7.74. The third-order valence-electron chi connectivity index (χ3n) is 4.41. The van der Waals surface area contributed by atoms with E-state index in [0.29, 0.717) is 22.4 Å². The van der Waals surface area contributed by atoms with Gasteiger partial charge in [0, 0.05) is 13.2 Å². The highest BCUT2D eigenvalue weighted by atomic mass is 35.5. The Hall–Kier alpha value is -1.57. The molecular formula is C16H18ClN3O. The van der Waals surface area contributed by atoms with Crippen LogP contribution in [0.3, 0.4) is 0 Å². The van der Waals surface area contributed by atoms with Crippen LogP contribution in [0.2, 0.25) is 5.02 Å². The second-order valence-electron chi connectivity index (χ2n) is 5.92. The maximum absolute atomic E-state index is 9.34. The highest BCUT2D eigenvalue weighted by Crippen LogP contribution is 2.31. The molecule has 0 radical (unpaired) electrons. The molecule has 1 saturated carbocycles. The number of nitriles is 1. The van der Waals surface area contributed by atoms with Gasteiger partial charge < -0.3 is 9.67 Å². The van der Waals surface area contributed by atoms with Gasteiger partial charge in [-0.25, -0.2) is 4.98 Å². The summed E-state index contributed by atoms with van der Waals surface area (Å²) in [5.74, 6) is 0.981. The summed E-state index contributed by atoms with van der Waals surface area (Å²) in [7, 11) is 0. The summed E-state index contributed by atoms with van der Waals surface area (Å²) >= 11 is 6.18. The molecule has 1 fully saturated rings. The van der Waals surface area contributed by atoms with Crippen LogP contribution >= 0.6 is 11.6 Å². The van der Waals surface area contributed by atoms with Crippen molar-refractivity contribution in [2.24, 2.45) is 11.8 Å². The second kappa shape index (κ2) is 6.05. The molecule has 1 N–H and O–H groups in total. The van der Waals surface area contributed by atoms with E-state index in [1.807, 2.05) is 6.07 Å². The van der Waals surface area contributed by atoms with E-state index in [9.17, 15) is 5.11 Å². The number of hydrogen-bond donors (Lipinski definition) is 1. The van der Waals surface area contributed by atoms with Gasteiger partial charge in [0.25, 0.3) is 0 Å². The van der Waals surface area contributed by atoms with Crippen molar-refractivity contribution in [3.63, 3.8) is 0 Å². The third kappa shape index (κ3) is 2.90. The number of hydrogen-bond acceptors (Lipinski definition) is 3. The minimum Gasteiger partial charge on any atom is -0.396 e. The fourth-order valence-electron chi connectivity index (χ4n) is 3.34. The lowest BCUT2D eigenvalue weighted by molar-refractivity contribution is 0.153. The van der Waals surface area contributed by atoms with Crippen molar-refractivity contribution in [1.29, 1.82) is 5.26 Å². The van der Waals surface area contributed by atoms with Gasteiger partial charge in [-0.15, -0.1) is 0 Å². The maximum Gasteiger partial charge on any atom is 0.107 e. The lowest BCUT2D eigenvalue weighted by Crippen LogP contribution is -2.21. The topological polar surface area (TPSA) is 61.8 Å².